The Morgan fingerprint density at radius 2 is 2.22 bits per heavy atom. The van der Waals surface area contributed by atoms with E-state index < -0.39 is 0 Å². The molecule has 0 saturated heterocycles. The second-order valence-corrected chi connectivity index (χ2v) is 4.60. The van der Waals surface area contributed by atoms with Crippen molar-refractivity contribution in [1.82, 2.24) is 14.9 Å². The van der Waals surface area contributed by atoms with Crippen LogP contribution in [0.4, 0.5) is 0 Å². The molecule has 0 bridgehead atoms. The van der Waals surface area contributed by atoms with Gasteiger partial charge < -0.3 is 4.90 Å². The zero-order valence-corrected chi connectivity index (χ0v) is 10.3. The van der Waals surface area contributed by atoms with E-state index in [0.717, 1.165) is 11.3 Å². The highest BCUT2D eigenvalue weighted by Gasteiger charge is 2.25. The summed E-state index contributed by atoms with van der Waals surface area (Å²) in [5, 5.41) is 0.567. The van der Waals surface area contributed by atoms with E-state index in [4.69, 9.17) is 11.6 Å². The third-order valence-electron chi connectivity index (χ3n) is 2.94. The van der Waals surface area contributed by atoms with Crippen molar-refractivity contribution in [2.75, 3.05) is 0 Å². The van der Waals surface area contributed by atoms with Crippen molar-refractivity contribution in [3.8, 4) is 0 Å². The van der Waals surface area contributed by atoms with Crippen LogP contribution >= 0.6 is 11.6 Å². The van der Waals surface area contributed by atoms with Gasteiger partial charge in [0.1, 0.15) is 6.33 Å². The molecule has 1 aliphatic heterocycles. The predicted molar refractivity (Wildman–Crippen MR) is 67.1 cm³/mol. The van der Waals surface area contributed by atoms with Crippen molar-refractivity contribution < 1.29 is 4.79 Å². The van der Waals surface area contributed by atoms with Crippen molar-refractivity contribution in [2.45, 2.75) is 13.1 Å². The van der Waals surface area contributed by atoms with Crippen molar-refractivity contribution in [1.29, 1.82) is 0 Å². The molecule has 0 saturated carbocycles. The number of amides is 1. The topological polar surface area (TPSA) is 46.1 Å². The van der Waals surface area contributed by atoms with E-state index in [0.29, 0.717) is 23.7 Å². The first-order valence-electron chi connectivity index (χ1n) is 5.56. The lowest BCUT2D eigenvalue weighted by Crippen LogP contribution is -2.25. The van der Waals surface area contributed by atoms with Crippen LogP contribution in [-0.4, -0.2) is 20.8 Å². The summed E-state index contributed by atoms with van der Waals surface area (Å²) in [5.41, 5.74) is 2.52. The van der Waals surface area contributed by atoms with Gasteiger partial charge in [-0.05, 0) is 18.2 Å². The van der Waals surface area contributed by atoms with Gasteiger partial charge in [0, 0.05) is 28.9 Å². The number of aromatic nitrogens is 2. The number of halogens is 1. The number of hydrogen-bond donors (Lipinski definition) is 0. The molecule has 1 amide bonds. The molecule has 0 unspecified atom stereocenters. The predicted octanol–water partition coefficient (Wildman–Crippen LogP) is 2.29. The van der Waals surface area contributed by atoms with Crippen LogP contribution in [0.3, 0.4) is 0 Å². The molecule has 0 spiro atoms. The molecular formula is C13H10ClN3O. The highest BCUT2D eigenvalue weighted by Crippen LogP contribution is 2.22. The lowest BCUT2D eigenvalue weighted by molar-refractivity contribution is 0.0750. The summed E-state index contributed by atoms with van der Waals surface area (Å²) in [6.45, 7) is 1.09. The van der Waals surface area contributed by atoms with Gasteiger partial charge in [-0.3, -0.25) is 4.79 Å². The molecule has 0 N–H and O–H groups in total. The zero-order valence-electron chi connectivity index (χ0n) is 9.51. The summed E-state index contributed by atoms with van der Waals surface area (Å²) in [4.78, 5) is 22.2. The van der Waals surface area contributed by atoms with Gasteiger partial charge in [0.05, 0.1) is 12.2 Å². The van der Waals surface area contributed by atoms with E-state index >= 15 is 0 Å². The lowest BCUT2D eigenvalue weighted by Gasteiger charge is -2.15. The maximum atomic E-state index is 12.3. The van der Waals surface area contributed by atoms with E-state index in [1.807, 2.05) is 0 Å². The Kier molecular flexibility index (Phi) is 2.72. The minimum absolute atomic E-state index is 0.0319. The first-order chi connectivity index (χ1) is 8.74. The average molecular weight is 260 g/mol. The highest BCUT2D eigenvalue weighted by molar-refractivity contribution is 6.30. The number of benzene rings is 1. The monoisotopic (exact) mass is 259 g/mol. The maximum Gasteiger partial charge on any atom is 0.254 e. The molecule has 1 aromatic carbocycles. The van der Waals surface area contributed by atoms with Crippen molar-refractivity contribution >= 4 is 17.5 Å². The molecule has 0 radical (unpaired) electrons. The van der Waals surface area contributed by atoms with E-state index in [-0.39, 0.29) is 5.91 Å². The Morgan fingerprint density at radius 1 is 1.33 bits per heavy atom. The normalized spacial score (nSPS) is 13.5. The number of nitrogens with zero attached hydrogens (tertiary/aromatic N) is 3. The molecule has 2 heterocycles. The van der Waals surface area contributed by atoms with Crippen LogP contribution in [0, 0.1) is 0 Å². The summed E-state index contributed by atoms with van der Waals surface area (Å²) in [7, 11) is 0. The van der Waals surface area contributed by atoms with Crippen molar-refractivity contribution in [2.24, 2.45) is 0 Å². The van der Waals surface area contributed by atoms with E-state index in [1.165, 1.54) is 6.33 Å². The Bertz CT molecular complexity index is 590. The Hall–Kier alpha value is -1.94. The Labute approximate surface area is 109 Å². The number of fused-ring (bicyclic) bond motifs is 1. The second kappa shape index (κ2) is 4.38. The van der Waals surface area contributed by atoms with Gasteiger partial charge in [-0.1, -0.05) is 17.7 Å². The minimum atomic E-state index is -0.0319. The SMILES string of the molecule is O=C(c1cccc(Cl)c1)N1Cc2cncnc2C1. The maximum absolute atomic E-state index is 12.3. The van der Waals surface area contributed by atoms with Crippen molar-refractivity contribution in [3.63, 3.8) is 0 Å². The van der Waals surface area contributed by atoms with Crippen LogP contribution in [0.5, 0.6) is 0 Å². The molecule has 3 rings (SSSR count). The Balaban J connectivity index is 1.84. The van der Waals surface area contributed by atoms with Gasteiger partial charge in [0.2, 0.25) is 0 Å². The van der Waals surface area contributed by atoms with E-state index in [2.05, 4.69) is 9.97 Å². The fourth-order valence-corrected chi connectivity index (χ4v) is 2.24. The molecule has 5 heteroatoms. The van der Waals surface area contributed by atoms with Crippen molar-refractivity contribution in [3.05, 3.63) is 58.6 Å². The molecule has 0 atom stereocenters. The van der Waals surface area contributed by atoms with Gasteiger partial charge >= 0.3 is 0 Å². The quantitative estimate of drug-likeness (QED) is 0.789. The average Bonchev–Trinajstić information content (AvgIpc) is 2.81. The third kappa shape index (κ3) is 1.95. The second-order valence-electron chi connectivity index (χ2n) is 4.17. The van der Waals surface area contributed by atoms with Gasteiger partial charge in [-0.15, -0.1) is 0 Å². The molecule has 18 heavy (non-hydrogen) atoms. The molecule has 4 nitrogen and oxygen atoms in total. The first kappa shape index (κ1) is 11.2. The number of carbonyl (C=O) groups is 1. The number of rotatable bonds is 1. The summed E-state index contributed by atoms with van der Waals surface area (Å²) in [6.07, 6.45) is 3.26. The van der Waals surface area contributed by atoms with Gasteiger partial charge in [-0.2, -0.15) is 0 Å². The van der Waals surface area contributed by atoms with E-state index in [9.17, 15) is 4.79 Å². The zero-order chi connectivity index (χ0) is 12.5. The number of hydrogen-bond acceptors (Lipinski definition) is 3. The number of carbonyl (C=O) groups excluding carboxylic acids is 1. The van der Waals surface area contributed by atoms with Crippen LogP contribution in [-0.2, 0) is 13.1 Å². The molecule has 1 aliphatic rings. The molecule has 2 aromatic rings. The van der Waals surface area contributed by atoms with Gasteiger partial charge in [0.15, 0.2) is 0 Å². The standard InChI is InChI=1S/C13H10ClN3O/c14-11-3-1-2-9(4-11)13(18)17-6-10-5-15-8-16-12(10)7-17/h1-5,8H,6-7H2. The smallest absolute Gasteiger partial charge is 0.254 e. The van der Waals surface area contributed by atoms with Crippen LogP contribution in [0.1, 0.15) is 21.6 Å². The first-order valence-corrected chi connectivity index (χ1v) is 5.94. The molecular weight excluding hydrogens is 250 g/mol. The molecule has 1 aromatic heterocycles. The molecule has 0 aliphatic carbocycles. The largest absolute Gasteiger partial charge is 0.328 e. The summed E-state index contributed by atoms with van der Waals surface area (Å²) >= 11 is 5.89. The fraction of sp³-hybridized carbons (Fsp3) is 0.154. The van der Waals surface area contributed by atoms with Gasteiger partial charge in [-0.25, -0.2) is 9.97 Å². The third-order valence-corrected chi connectivity index (χ3v) is 3.18. The minimum Gasteiger partial charge on any atom is -0.328 e. The van der Waals surface area contributed by atoms with Gasteiger partial charge in [0.25, 0.3) is 5.91 Å². The molecule has 90 valence electrons. The lowest BCUT2D eigenvalue weighted by atomic mass is 10.2. The van der Waals surface area contributed by atoms with Crippen LogP contribution in [0.15, 0.2) is 36.8 Å². The Morgan fingerprint density at radius 3 is 3.00 bits per heavy atom. The summed E-state index contributed by atoms with van der Waals surface area (Å²) < 4.78 is 0. The molecule has 0 fully saturated rings. The van der Waals surface area contributed by atoms with Crippen LogP contribution in [0.25, 0.3) is 0 Å². The van der Waals surface area contributed by atoms with Crippen LogP contribution in [0.2, 0.25) is 5.02 Å². The highest BCUT2D eigenvalue weighted by atomic mass is 35.5. The van der Waals surface area contributed by atoms with Crippen LogP contribution < -0.4 is 0 Å². The fourth-order valence-electron chi connectivity index (χ4n) is 2.05. The summed E-state index contributed by atoms with van der Waals surface area (Å²) in [5.74, 6) is -0.0319. The summed E-state index contributed by atoms with van der Waals surface area (Å²) in [6, 6.07) is 6.97. The van der Waals surface area contributed by atoms with E-state index in [1.54, 1.807) is 35.4 Å².